The predicted octanol–water partition coefficient (Wildman–Crippen LogP) is 1.55. The Kier molecular flexibility index (Phi) is 5.12. The van der Waals surface area contributed by atoms with E-state index in [1.807, 2.05) is 6.07 Å². The van der Waals surface area contributed by atoms with Crippen LogP contribution in [0.5, 0.6) is 0 Å². The first-order valence-electron chi connectivity index (χ1n) is 6.88. The number of carboxylic acid groups (broad SMARTS) is 1. The fourth-order valence-electron chi connectivity index (χ4n) is 2.64. The largest absolute Gasteiger partial charge is 0.481 e. The van der Waals surface area contributed by atoms with Gasteiger partial charge in [-0.15, -0.1) is 0 Å². The van der Waals surface area contributed by atoms with Crippen molar-refractivity contribution in [2.24, 2.45) is 5.92 Å². The summed E-state index contributed by atoms with van der Waals surface area (Å²) in [6.07, 6.45) is 3.41. The van der Waals surface area contributed by atoms with Gasteiger partial charge in [-0.25, -0.2) is 0 Å². The lowest BCUT2D eigenvalue weighted by atomic mass is 10.1. The highest BCUT2D eigenvalue weighted by molar-refractivity contribution is 7.83. The SMILES string of the molecule is CS(=O)Cc1cccc(C(=O)N[C@H]2CC[C@@H](C(=O)O)C2)c1. The van der Waals surface area contributed by atoms with Crippen LogP contribution in [0.15, 0.2) is 24.3 Å². The number of hydrogen-bond acceptors (Lipinski definition) is 3. The van der Waals surface area contributed by atoms with Crippen molar-refractivity contribution >= 4 is 22.7 Å². The number of aliphatic carboxylic acids is 1. The Hall–Kier alpha value is -1.69. The Bertz CT molecular complexity index is 573. The average molecular weight is 309 g/mol. The molecule has 0 radical (unpaired) electrons. The minimum absolute atomic E-state index is 0.0810. The van der Waals surface area contributed by atoms with Crippen LogP contribution in [0.3, 0.4) is 0 Å². The molecule has 5 nitrogen and oxygen atoms in total. The highest BCUT2D eigenvalue weighted by Crippen LogP contribution is 2.25. The van der Waals surface area contributed by atoms with Crippen LogP contribution in [0.25, 0.3) is 0 Å². The minimum Gasteiger partial charge on any atom is -0.481 e. The lowest BCUT2D eigenvalue weighted by Crippen LogP contribution is -2.33. The lowest BCUT2D eigenvalue weighted by molar-refractivity contribution is -0.141. The average Bonchev–Trinajstić information content (AvgIpc) is 2.87. The lowest BCUT2D eigenvalue weighted by Gasteiger charge is -2.13. The standard InChI is InChI=1S/C15H19NO4S/c1-21(20)9-10-3-2-4-11(7-10)14(17)16-13-6-5-12(8-13)15(18)19/h2-4,7,12-13H,5-6,8-9H2,1H3,(H,16,17)(H,18,19)/t12-,13+,21?/m1/s1. The summed E-state index contributed by atoms with van der Waals surface area (Å²) in [5.41, 5.74) is 1.38. The molecule has 0 heterocycles. The van der Waals surface area contributed by atoms with E-state index in [2.05, 4.69) is 5.32 Å². The van der Waals surface area contributed by atoms with Gasteiger partial charge in [0.25, 0.3) is 5.91 Å². The molecule has 1 fully saturated rings. The Morgan fingerprint density at radius 3 is 2.76 bits per heavy atom. The summed E-state index contributed by atoms with van der Waals surface area (Å²) < 4.78 is 11.2. The highest BCUT2D eigenvalue weighted by atomic mass is 32.2. The summed E-state index contributed by atoms with van der Waals surface area (Å²) in [6.45, 7) is 0. The first-order valence-corrected chi connectivity index (χ1v) is 8.61. The number of rotatable bonds is 5. The third-order valence-corrected chi connectivity index (χ3v) is 4.42. The second-order valence-corrected chi connectivity index (χ2v) is 6.87. The zero-order valence-corrected chi connectivity index (χ0v) is 12.7. The normalized spacial score (nSPS) is 22.7. The molecule has 1 aliphatic carbocycles. The number of benzene rings is 1. The van der Waals surface area contributed by atoms with Gasteiger partial charge in [0.05, 0.1) is 5.92 Å². The molecule has 1 aromatic carbocycles. The molecule has 0 aliphatic heterocycles. The number of nitrogens with one attached hydrogen (secondary N) is 1. The summed E-state index contributed by atoms with van der Waals surface area (Å²) in [4.78, 5) is 23.1. The van der Waals surface area contributed by atoms with Gasteiger partial charge in [0.2, 0.25) is 0 Å². The number of carbonyl (C=O) groups excluding carboxylic acids is 1. The molecule has 1 aromatic rings. The number of hydrogen-bond donors (Lipinski definition) is 2. The van der Waals surface area contributed by atoms with E-state index >= 15 is 0 Å². The topological polar surface area (TPSA) is 83.5 Å². The van der Waals surface area contributed by atoms with E-state index < -0.39 is 16.8 Å². The molecule has 1 unspecified atom stereocenters. The van der Waals surface area contributed by atoms with Crippen LogP contribution in [0.4, 0.5) is 0 Å². The molecule has 2 rings (SSSR count). The van der Waals surface area contributed by atoms with Gasteiger partial charge in [-0.2, -0.15) is 0 Å². The molecule has 0 aromatic heterocycles. The molecular formula is C15H19NO4S. The van der Waals surface area contributed by atoms with E-state index in [4.69, 9.17) is 5.11 Å². The predicted molar refractivity (Wildman–Crippen MR) is 80.4 cm³/mol. The molecule has 6 heteroatoms. The molecule has 0 bridgehead atoms. The van der Waals surface area contributed by atoms with E-state index in [-0.39, 0.29) is 17.9 Å². The van der Waals surface area contributed by atoms with Crippen molar-refractivity contribution in [3.8, 4) is 0 Å². The van der Waals surface area contributed by atoms with Crippen molar-refractivity contribution in [1.29, 1.82) is 0 Å². The molecule has 1 amide bonds. The van der Waals surface area contributed by atoms with Crippen LogP contribution in [0.2, 0.25) is 0 Å². The van der Waals surface area contributed by atoms with Gasteiger partial charge in [-0.1, -0.05) is 12.1 Å². The molecule has 114 valence electrons. The van der Waals surface area contributed by atoms with Crippen molar-refractivity contribution in [1.82, 2.24) is 5.32 Å². The second kappa shape index (κ2) is 6.85. The van der Waals surface area contributed by atoms with Crippen molar-refractivity contribution in [2.45, 2.75) is 31.1 Å². The molecule has 0 spiro atoms. The van der Waals surface area contributed by atoms with Gasteiger partial charge in [-0.3, -0.25) is 13.8 Å². The summed E-state index contributed by atoms with van der Waals surface area (Å²) in [5, 5.41) is 11.8. The van der Waals surface area contributed by atoms with Gasteiger partial charge < -0.3 is 10.4 Å². The van der Waals surface area contributed by atoms with E-state index in [1.54, 1.807) is 24.5 Å². The Morgan fingerprint density at radius 1 is 1.38 bits per heavy atom. The van der Waals surface area contributed by atoms with Crippen molar-refractivity contribution < 1.29 is 18.9 Å². The molecule has 1 saturated carbocycles. The van der Waals surface area contributed by atoms with Crippen LogP contribution in [-0.2, 0) is 21.3 Å². The summed E-state index contributed by atoms with van der Waals surface area (Å²) in [7, 11) is -0.949. The van der Waals surface area contributed by atoms with Crippen LogP contribution in [0, 0.1) is 5.92 Å². The third kappa shape index (κ3) is 4.39. The van der Waals surface area contributed by atoms with Crippen LogP contribution < -0.4 is 5.32 Å². The first-order chi connectivity index (χ1) is 9.95. The fraction of sp³-hybridized carbons (Fsp3) is 0.467. The Balaban J connectivity index is 1.97. The van der Waals surface area contributed by atoms with E-state index in [1.165, 1.54) is 0 Å². The zero-order chi connectivity index (χ0) is 15.4. The van der Waals surface area contributed by atoms with E-state index in [0.29, 0.717) is 30.6 Å². The van der Waals surface area contributed by atoms with Crippen molar-refractivity contribution in [2.75, 3.05) is 6.26 Å². The van der Waals surface area contributed by atoms with Gasteiger partial charge >= 0.3 is 5.97 Å². The monoisotopic (exact) mass is 309 g/mol. The quantitative estimate of drug-likeness (QED) is 0.864. The molecule has 21 heavy (non-hydrogen) atoms. The maximum atomic E-state index is 12.2. The summed E-state index contributed by atoms with van der Waals surface area (Å²) >= 11 is 0. The van der Waals surface area contributed by atoms with Gasteiger partial charge in [0, 0.05) is 34.4 Å². The third-order valence-electron chi connectivity index (χ3n) is 3.68. The number of carbonyl (C=O) groups is 2. The van der Waals surface area contributed by atoms with E-state index in [0.717, 1.165) is 5.56 Å². The van der Waals surface area contributed by atoms with Crippen molar-refractivity contribution in [3.63, 3.8) is 0 Å². The molecule has 3 atom stereocenters. The van der Waals surface area contributed by atoms with Gasteiger partial charge in [-0.05, 0) is 37.0 Å². The minimum atomic E-state index is -0.949. The van der Waals surface area contributed by atoms with Crippen LogP contribution >= 0.6 is 0 Å². The van der Waals surface area contributed by atoms with Crippen LogP contribution in [-0.4, -0.2) is 33.5 Å². The Morgan fingerprint density at radius 2 is 2.14 bits per heavy atom. The molecule has 2 N–H and O–H groups in total. The maximum absolute atomic E-state index is 12.2. The van der Waals surface area contributed by atoms with E-state index in [9.17, 15) is 13.8 Å². The summed E-state index contributed by atoms with van der Waals surface area (Å²) in [5.74, 6) is -0.927. The van der Waals surface area contributed by atoms with Gasteiger partial charge in [0.15, 0.2) is 0 Å². The highest BCUT2D eigenvalue weighted by Gasteiger charge is 2.30. The Labute approximate surface area is 126 Å². The van der Waals surface area contributed by atoms with Gasteiger partial charge in [0.1, 0.15) is 0 Å². The van der Waals surface area contributed by atoms with Crippen LogP contribution in [0.1, 0.15) is 35.2 Å². The molecular weight excluding hydrogens is 290 g/mol. The second-order valence-electron chi connectivity index (χ2n) is 5.44. The first kappa shape index (κ1) is 15.7. The maximum Gasteiger partial charge on any atom is 0.306 e. The van der Waals surface area contributed by atoms with Crippen molar-refractivity contribution in [3.05, 3.63) is 35.4 Å². The zero-order valence-electron chi connectivity index (χ0n) is 11.9. The number of carboxylic acids is 1. The summed E-state index contributed by atoms with van der Waals surface area (Å²) in [6, 6.07) is 6.98. The number of amides is 1. The molecule has 1 aliphatic rings. The molecule has 0 saturated heterocycles. The smallest absolute Gasteiger partial charge is 0.306 e. The fourth-order valence-corrected chi connectivity index (χ4v) is 3.29.